The van der Waals surface area contributed by atoms with Crippen molar-refractivity contribution in [1.29, 1.82) is 0 Å². The Morgan fingerprint density at radius 3 is 1.98 bits per heavy atom. The average Bonchev–Trinajstić information content (AvgIpc) is 3.04. The summed E-state index contributed by atoms with van der Waals surface area (Å²) in [6.07, 6.45) is 0. The Hall–Kier alpha value is -4.81. The van der Waals surface area contributed by atoms with E-state index >= 15 is 0 Å². The molecule has 0 heterocycles. The van der Waals surface area contributed by atoms with Gasteiger partial charge in [-0.3, -0.25) is 9.10 Å². The number of ether oxygens (including phenoxy) is 6. The molecule has 4 aromatic rings. The Bertz CT molecular complexity index is 1750. The second-order valence-electron chi connectivity index (χ2n) is 9.01. The maximum atomic E-state index is 14.2. The molecule has 0 bridgehead atoms. The number of hydrogen-bond acceptors (Lipinski definition) is 9. The van der Waals surface area contributed by atoms with Gasteiger partial charge in [-0.2, -0.15) is 0 Å². The number of halogens is 1. The highest BCUT2D eigenvalue weighted by molar-refractivity contribution is 7.92. The monoisotopic (exact) mass is 642 g/mol. The maximum absolute atomic E-state index is 14.2. The molecule has 0 aliphatic heterocycles. The second-order valence-corrected chi connectivity index (χ2v) is 11.3. The Labute approximate surface area is 260 Å². The predicted octanol–water partition coefficient (Wildman–Crippen LogP) is 6.01. The van der Waals surface area contributed by atoms with E-state index in [1.807, 2.05) is 0 Å². The van der Waals surface area contributed by atoms with Gasteiger partial charge in [0.15, 0.2) is 28.7 Å². The summed E-state index contributed by atoms with van der Waals surface area (Å²) < 4.78 is 62.1. The van der Waals surface area contributed by atoms with Gasteiger partial charge in [0, 0.05) is 17.2 Å². The summed E-state index contributed by atoms with van der Waals surface area (Å²) in [5.41, 5.74) is 0.267. The summed E-state index contributed by atoms with van der Waals surface area (Å²) >= 11 is 6.25. The predicted molar refractivity (Wildman–Crippen MR) is 167 cm³/mol. The molecule has 1 amide bonds. The van der Waals surface area contributed by atoms with E-state index in [2.05, 4.69) is 5.32 Å². The lowest BCUT2D eigenvalue weighted by Crippen LogP contribution is -2.38. The molecule has 0 saturated heterocycles. The van der Waals surface area contributed by atoms with Gasteiger partial charge < -0.3 is 33.7 Å². The highest BCUT2D eigenvalue weighted by atomic mass is 35.5. The minimum Gasteiger partial charge on any atom is -0.497 e. The van der Waals surface area contributed by atoms with E-state index in [9.17, 15) is 13.2 Å². The van der Waals surface area contributed by atoms with Crippen LogP contribution < -0.4 is 38.0 Å². The van der Waals surface area contributed by atoms with E-state index < -0.39 is 22.5 Å². The Balaban J connectivity index is 1.75. The summed E-state index contributed by atoms with van der Waals surface area (Å²) in [7, 11) is 2.75. The zero-order chi connectivity index (χ0) is 31.9. The molecule has 11 nitrogen and oxygen atoms in total. The third-order valence-corrected chi connectivity index (χ3v) is 8.38. The molecule has 44 heavy (non-hydrogen) atoms. The lowest BCUT2D eigenvalue weighted by molar-refractivity contribution is -0.114. The largest absolute Gasteiger partial charge is 0.497 e. The van der Waals surface area contributed by atoms with Gasteiger partial charge in [0.1, 0.15) is 18.0 Å². The summed E-state index contributed by atoms with van der Waals surface area (Å²) in [6.45, 7) is -0.666. The van der Waals surface area contributed by atoms with Crippen molar-refractivity contribution in [2.24, 2.45) is 0 Å². The van der Waals surface area contributed by atoms with Gasteiger partial charge in [0.25, 0.3) is 10.0 Å². The van der Waals surface area contributed by atoms with Crippen LogP contribution in [0.5, 0.6) is 40.2 Å². The number of nitrogens with one attached hydrogen (secondary N) is 1. The topological polar surface area (TPSA) is 122 Å². The molecular weight excluding hydrogens is 612 g/mol. The van der Waals surface area contributed by atoms with E-state index in [0.29, 0.717) is 28.0 Å². The van der Waals surface area contributed by atoms with E-state index in [-0.39, 0.29) is 33.5 Å². The quantitative estimate of drug-likeness (QED) is 0.187. The highest BCUT2D eigenvalue weighted by Crippen LogP contribution is 2.39. The molecule has 0 unspecified atom stereocenters. The number of rotatable bonds is 13. The van der Waals surface area contributed by atoms with E-state index in [1.54, 1.807) is 48.5 Å². The van der Waals surface area contributed by atoms with Crippen LogP contribution in [0.2, 0.25) is 5.02 Å². The normalized spacial score (nSPS) is 10.9. The number of benzene rings is 4. The lowest BCUT2D eigenvalue weighted by atomic mass is 10.2. The van der Waals surface area contributed by atoms with Crippen molar-refractivity contribution in [3.05, 3.63) is 83.9 Å². The number of para-hydroxylation sites is 2. The molecule has 0 aliphatic rings. The standard InChI is InChI=1S/C31H31ClN2O9S/c1-38-21-11-14-26(39-2)24(17-21)34(44(36,37)22-12-15-28(41-4)30(18-22)42-5)19-31(35)33-23-16-20(32)10-13-25(23)43-29-9-7-6-8-27(29)40-3/h6-18H,19H2,1-5H3,(H,33,35). The Morgan fingerprint density at radius 2 is 1.32 bits per heavy atom. The minimum absolute atomic E-state index is 0.0633. The number of amides is 1. The molecule has 0 radical (unpaired) electrons. The first-order valence-electron chi connectivity index (χ1n) is 13.0. The molecule has 1 N–H and O–H groups in total. The third-order valence-electron chi connectivity index (χ3n) is 6.39. The van der Waals surface area contributed by atoms with Crippen LogP contribution in [0.1, 0.15) is 0 Å². The molecule has 0 fully saturated rings. The average molecular weight is 643 g/mol. The SMILES string of the molecule is COc1ccc(OC)c(N(CC(=O)Nc2cc(Cl)ccc2Oc2ccccc2OC)S(=O)(=O)c2ccc(OC)c(OC)c2)c1. The molecule has 0 atom stereocenters. The van der Waals surface area contributed by atoms with Crippen molar-refractivity contribution in [2.75, 3.05) is 51.7 Å². The number of anilines is 2. The van der Waals surface area contributed by atoms with Crippen molar-refractivity contribution < 1.29 is 41.6 Å². The molecule has 4 aromatic carbocycles. The van der Waals surface area contributed by atoms with Gasteiger partial charge in [0.2, 0.25) is 5.91 Å². The van der Waals surface area contributed by atoms with Crippen molar-refractivity contribution >= 4 is 38.9 Å². The first kappa shape index (κ1) is 32.1. The van der Waals surface area contributed by atoms with Crippen molar-refractivity contribution in [2.45, 2.75) is 4.90 Å². The lowest BCUT2D eigenvalue weighted by Gasteiger charge is -2.26. The van der Waals surface area contributed by atoms with Crippen molar-refractivity contribution in [3.8, 4) is 40.2 Å². The molecule has 0 aliphatic carbocycles. The van der Waals surface area contributed by atoms with E-state index in [0.717, 1.165) is 4.31 Å². The molecule has 13 heteroatoms. The van der Waals surface area contributed by atoms with Crippen LogP contribution >= 0.6 is 11.6 Å². The van der Waals surface area contributed by atoms with Crippen LogP contribution in [0, 0.1) is 0 Å². The first-order valence-corrected chi connectivity index (χ1v) is 14.8. The zero-order valence-corrected chi connectivity index (χ0v) is 26.2. The fourth-order valence-corrected chi connectivity index (χ4v) is 5.84. The van der Waals surface area contributed by atoms with Gasteiger partial charge in [-0.25, -0.2) is 8.42 Å². The van der Waals surface area contributed by atoms with E-state index in [1.165, 1.54) is 65.9 Å². The van der Waals surface area contributed by atoms with Gasteiger partial charge in [-0.15, -0.1) is 0 Å². The molecule has 0 spiro atoms. The van der Waals surface area contributed by atoms with Crippen LogP contribution in [-0.2, 0) is 14.8 Å². The Morgan fingerprint density at radius 1 is 0.705 bits per heavy atom. The zero-order valence-electron chi connectivity index (χ0n) is 24.6. The maximum Gasteiger partial charge on any atom is 0.265 e. The van der Waals surface area contributed by atoms with Crippen molar-refractivity contribution in [1.82, 2.24) is 0 Å². The van der Waals surface area contributed by atoms with Crippen molar-refractivity contribution in [3.63, 3.8) is 0 Å². The van der Waals surface area contributed by atoms with Crippen LogP contribution in [-0.4, -0.2) is 56.4 Å². The molecule has 4 rings (SSSR count). The number of carbonyl (C=O) groups is 1. The fraction of sp³-hybridized carbons (Fsp3) is 0.194. The number of nitrogens with zero attached hydrogens (tertiary/aromatic N) is 1. The summed E-state index contributed by atoms with van der Waals surface area (Å²) in [5, 5.41) is 3.04. The third kappa shape index (κ3) is 7.04. The molecule has 232 valence electrons. The number of sulfonamides is 1. The van der Waals surface area contributed by atoms with Gasteiger partial charge in [0.05, 0.1) is 51.8 Å². The fourth-order valence-electron chi connectivity index (χ4n) is 4.23. The molecular formula is C31H31ClN2O9S. The van der Waals surface area contributed by atoms with Crippen LogP contribution in [0.15, 0.2) is 83.8 Å². The molecule has 0 aromatic heterocycles. The highest BCUT2D eigenvalue weighted by Gasteiger charge is 2.31. The van der Waals surface area contributed by atoms with E-state index in [4.69, 9.17) is 40.0 Å². The second kappa shape index (κ2) is 14.1. The van der Waals surface area contributed by atoms with Crippen LogP contribution in [0.4, 0.5) is 11.4 Å². The number of carbonyl (C=O) groups excluding carboxylic acids is 1. The van der Waals surface area contributed by atoms with Crippen LogP contribution in [0.25, 0.3) is 0 Å². The number of methoxy groups -OCH3 is 5. The van der Waals surface area contributed by atoms with Gasteiger partial charge in [-0.05, 0) is 54.6 Å². The summed E-state index contributed by atoms with van der Waals surface area (Å²) in [4.78, 5) is 13.5. The van der Waals surface area contributed by atoms with Gasteiger partial charge in [-0.1, -0.05) is 23.7 Å². The molecule has 0 saturated carbocycles. The first-order chi connectivity index (χ1) is 21.1. The number of hydrogen-bond donors (Lipinski definition) is 1. The minimum atomic E-state index is -4.40. The van der Waals surface area contributed by atoms with Gasteiger partial charge >= 0.3 is 0 Å². The smallest absolute Gasteiger partial charge is 0.265 e. The summed E-state index contributed by atoms with van der Waals surface area (Å²) in [5.74, 6) is 1.46. The van der Waals surface area contributed by atoms with Crippen LogP contribution in [0.3, 0.4) is 0 Å². The summed E-state index contributed by atoms with van der Waals surface area (Å²) in [6, 6.07) is 20.4. The Kier molecular flexibility index (Phi) is 10.3.